The van der Waals surface area contributed by atoms with Gasteiger partial charge in [0.05, 0.1) is 6.54 Å². The lowest BCUT2D eigenvalue weighted by Gasteiger charge is -2.17. The highest BCUT2D eigenvalue weighted by atomic mass is 32.2. The first-order valence-electron chi connectivity index (χ1n) is 6.76. The Bertz CT molecular complexity index is 591. The molecule has 1 aliphatic rings. The zero-order valence-corrected chi connectivity index (χ0v) is 13.2. The van der Waals surface area contributed by atoms with Gasteiger partial charge in [-0.25, -0.2) is 0 Å². The van der Waals surface area contributed by atoms with E-state index in [0.29, 0.717) is 16.4 Å². The average molecular weight is 305 g/mol. The summed E-state index contributed by atoms with van der Waals surface area (Å²) in [4.78, 5) is 28.3. The zero-order valence-electron chi connectivity index (χ0n) is 12.4. The van der Waals surface area contributed by atoms with E-state index < -0.39 is 5.41 Å². The summed E-state index contributed by atoms with van der Waals surface area (Å²) < 4.78 is 0. The quantitative estimate of drug-likeness (QED) is 0.882. The van der Waals surface area contributed by atoms with Crippen LogP contribution >= 0.6 is 11.8 Å². The second-order valence-electron chi connectivity index (χ2n) is 5.77. The molecular weight excluding hydrogens is 286 g/mol. The Morgan fingerprint density at radius 3 is 2.62 bits per heavy atom. The number of nitrogens with zero attached hydrogens (tertiary/aromatic N) is 1. The fourth-order valence-electron chi connectivity index (χ4n) is 1.64. The van der Waals surface area contributed by atoms with Crippen LogP contribution in [0.2, 0.25) is 0 Å². The van der Waals surface area contributed by atoms with Crippen molar-refractivity contribution in [3.8, 4) is 0 Å². The molecule has 0 fully saturated rings. The van der Waals surface area contributed by atoms with Crippen molar-refractivity contribution >= 4 is 34.4 Å². The molecule has 1 heterocycles. The smallest absolute Gasteiger partial charge is 0.257 e. The molecular formula is C15H19N3O2S. The second-order valence-corrected chi connectivity index (χ2v) is 6.86. The maximum absolute atomic E-state index is 12.1. The number of benzene rings is 1. The maximum Gasteiger partial charge on any atom is 0.257 e. The van der Waals surface area contributed by atoms with Crippen molar-refractivity contribution in [2.75, 3.05) is 17.6 Å². The van der Waals surface area contributed by atoms with Crippen molar-refractivity contribution in [3.05, 3.63) is 29.8 Å². The third-order valence-corrected chi connectivity index (χ3v) is 3.76. The molecule has 1 aliphatic heterocycles. The first kappa shape index (κ1) is 15.6. The van der Waals surface area contributed by atoms with E-state index in [0.717, 1.165) is 12.3 Å². The molecule has 1 aromatic carbocycles. The first-order valence-corrected chi connectivity index (χ1v) is 7.75. The average Bonchev–Trinajstić information content (AvgIpc) is 2.90. The number of carbonyl (C=O) groups excluding carboxylic acids is 2. The summed E-state index contributed by atoms with van der Waals surface area (Å²) in [5, 5.41) is 6.24. The monoisotopic (exact) mass is 305 g/mol. The first-order chi connectivity index (χ1) is 9.86. The van der Waals surface area contributed by atoms with Crippen molar-refractivity contribution in [2.45, 2.75) is 20.8 Å². The standard InChI is InChI=1S/C15H19N3O2S/c1-15(2,3)13(20)17-11-6-4-5-10(9-11)12(19)18-14-16-7-8-21-14/h4-6,9H,7-8H2,1-3H3,(H,17,20)(H,16,18,19). The van der Waals surface area contributed by atoms with E-state index in [1.54, 1.807) is 24.3 Å². The molecule has 2 amide bonds. The van der Waals surface area contributed by atoms with E-state index in [1.165, 1.54) is 11.8 Å². The van der Waals surface area contributed by atoms with Gasteiger partial charge in [-0.05, 0) is 18.2 Å². The lowest BCUT2D eigenvalue weighted by atomic mass is 9.95. The largest absolute Gasteiger partial charge is 0.326 e. The van der Waals surface area contributed by atoms with Gasteiger partial charge in [0.15, 0.2) is 5.17 Å². The molecule has 0 bridgehead atoms. The molecule has 0 saturated heterocycles. The fourth-order valence-corrected chi connectivity index (χ4v) is 2.36. The summed E-state index contributed by atoms with van der Waals surface area (Å²) in [7, 11) is 0. The molecule has 0 unspecified atom stereocenters. The van der Waals surface area contributed by atoms with Crippen molar-refractivity contribution < 1.29 is 9.59 Å². The van der Waals surface area contributed by atoms with Crippen molar-refractivity contribution in [1.82, 2.24) is 5.32 Å². The van der Waals surface area contributed by atoms with Gasteiger partial charge in [0.2, 0.25) is 5.91 Å². The number of carbonyl (C=O) groups is 2. The summed E-state index contributed by atoms with van der Waals surface area (Å²) in [5.41, 5.74) is 0.633. The summed E-state index contributed by atoms with van der Waals surface area (Å²) in [6.07, 6.45) is 0. The number of thioether (sulfide) groups is 1. The van der Waals surface area contributed by atoms with Crippen molar-refractivity contribution in [2.24, 2.45) is 10.4 Å². The number of nitrogens with one attached hydrogen (secondary N) is 2. The highest BCUT2D eigenvalue weighted by Gasteiger charge is 2.21. The Morgan fingerprint density at radius 1 is 1.24 bits per heavy atom. The Hall–Kier alpha value is -1.82. The van der Waals surface area contributed by atoms with E-state index >= 15 is 0 Å². The molecule has 2 N–H and O–H groups in total. The second kappa shape index (κ2) is 6.30. The van der Waals surface area contributed by atoms with Crippen LogP contribution in [-0.4, -0.2) is 29.3 Å². The lowest BCUT2D eigenvalue weighted by molar-refractivity contribution is -0.123. The summed E-state index contributed by atoms with van der Waals surface area (Å²) >= 11 is 1.53. The van der Waals surface area contributed by atoms with Gasteiger partial charge in [-0.15, -0.1) is 0 Å². The molecule has 0 spiro atoms. The Morgan fingerprint density at radius 2 is 2.00 bits per heavy atom. The van der Waals surface area contributed by atoms with Crippen LogP contribution in [-0.2, 0) is 4.79 Å². The molecule has 6 heteroatoms. The molecule has 0 aromatic heterocycles. The molecule has 21 heavy (non-hydrogen) atoms. The predicted molar refractivity (Wildman–Crippen MR) is 86.8 cm³/mol. The van der Waals surface area contributed by atoms with Gasteiger partial charge in [0, 0.05) is 22.4 Å². The van der Waals surface area contributed by atoms with Crippen LogP contribution in [0.25, 0.3) is 0 Å². The number of hydrogen-bond donors (Lipinski definition) is 2. The van der Waals surface area contributed by atoms with Gasteiger partial charge in [0.1, 0.15) is 0 Å². The fraction of sp³-hybridized carbons (Fsp3) is 0.400. The van der Waals surface area contributed by atoms with Crippen LogP contribution < -0.4 is 10.6 Å². The predicted octanol–water partition coefficient (Wildman–Crippen LogP) is 2.50. The maximum atomic E-state index is 12.1. The number of anilines is 1. The van der Waals surface area contributed by atoms with E-state index in [1.807, 2.05) is 20.8 Å². The van der Waals surface area contributed by atoms with Crippen LogP contribution in [0.15, 0.2) is 29.3 Å². The van der Waals surface area contributed by atoms with E-state index in [2.05, 4.69) is 15.6 Å². The van der Waals surface area contributed by atoms with Crippen molar-refractivity contribution in [1.29, 1.82) is 0 Å². The van der Waals surface area contributed by atoms with Crippen molar-refractivity contribution in [3.63, 3.8) is 0 Å². The SMILES string of the molecule is CC(C)(C)C(=O)Nc1cccc(C(=O)NC2=NCCS2)c1. The lowest BCUT2D eigenvalue weighted by Crippen LogP contribution is -2.29. The minimum absolute atomic E-state index is 0.0872. The normalized spacial score (nSPS) is 14.5. The molecule has 112 valence electrons. The highest BCUT2D eigenvalue weighted by Crippen LogP contribution is 2.18. The Labute approximate surface area is 128 Å². The summed E-state index contributed by atoms with van der Waals surface area (Å²) in [6.45, 7) is 6.26. The van der Waals surface area contributed by atoms with E-state index in [-0.39, 0.29) is 11.8 Å². The summed E-state index contributed by atoms with van der Waals surface area (Å²) in [6, 6.07) is 6.89. The minimum Gasteiger partial charge on any atom is -0.326 e. The van der Waals surface area contributed by atoms with Gasteiger partial charge in [0.25, 0.3) is 5.91 Å². The number of aliphatic imine (C=N–C) groups is 1. The Balaban J connectivity index is 2.06. The molecule has 0 radical (unpaired) electrons. The topological polar surface area (TPSA) is 70.6 Å². The van der Waals surface area contributed by atoms with E-state index in [9.17, 15) is 9.59 Å². The molecule has 2 rings (SSSR count). The Kier molecular flexibility index (Phi) is 4.67. The molecule has 0 saturated carbocycles. The number of amides is 2. The highest BCUT2D eigenvalue weighted by molar-refractivity contribution is 8.14. The van der Waals surface area contributed by atoms with Crippen LogP contribution in [0.5, 0.6) is 0 Å². The number of rotatable bonds is 2. The molecule has 0 atom stereocenters. The van der Waals surface area contributed by atoms with Gasteiger partial charge >= 0.3 is 0 Å². The van der Waals surface area contributed by atoms with Gasteiger partial charge < -0.3 is 10.6 Å². The number of hydrogen-bond acceptors (Lipinski definition) is 4. The third kappa shape index (κ3) is 4.32. The van der Waals surface area contributed by atoms with Gasteiger partial charge in [-0.2, -0.15) is 0 Å². The zero-order chi connectivity index (χ0) is 15.5. The molecule has 0 aliphatic carbocycles. The third-order valence-electron chi connectivity index (χ3n) is 2.87. The minimum atomic E-state index is -0.479. The summed E-state index contributed by atoms with van der Waals surface area (Å²) in [5.74, 6) is 0.600. The number of amidine groups is 1. The van der Waals surface area contributed by atoms with Crippen LogP contribution in [0.3, 0.4) is 0 Å². The van der Waals surface area contributed by atoms with Crippen LogP contribution in [0, 0.1) is 5.41 Å². The molecule has 1 aromatic rings. The molecule has 5 nitrogen and oxygen atoms in total. The van der Waals surface area contributed by atoms with E-state index in [4.69, 9.17) is 0 Å². The van der Waals surface area contributed by atoms with Gasteiger partial charge in [-0.3, -0.25) is 14.6 Å². The van der Waals surface area contributed by atoms with Crippen LogP contribution in [0.1, 0.15) is 31.1 Å². The van der Waals surface area contributed by atoms with Gasteiger partial charge in [-0.1, -0.05) is 38.6 Å². The van der Waals surface area contributed by atoms with Crippen LogP contribution in [0.4, 0.5) is 5.69 Å².